The predicted octanol–water partition coefficient (Wildman–Crippen LogP) is 2.17. The van der Waals surface area contributed by atoms with Crippen LogP contribution in [-0.4, -0.2) is 28.0 Å². The zero-order valence-electron chi connectivity index (χ0n) is 14.1. The summed E-state index contributed by atoms with van der Waals surface area (Å²) in [7, 11) is 0. The first-order valence-corrected chi connectivity index (χ1v) is 8.97. The van der Waals surface area contributed by atoms with Gasteiger partial charge in [-0.25, -0.2) is 4.98 Å². The molecule has 1 aliphatic heterocycles. The Bertz CT molecular complexity index is 902. The first-order chi connectivity index (χ1) is 11.9. The van der Waals surface area contributed by atoms with E-state index in [0.29, 0.717) is 10.8 Å². The number of thioether (sulfide) groups is 1. The standard InChI is InChI=1S/C17H18N4O3S/c1-8-4-9(2)6-10(5-8)18-15(23)11-7-12(22)19-14-13(11)16(24)21-17(20-14)25-3/h4-6,11H,7H2,1-3H3,(H,18,23)(H2,19,20,21,22,24). The number of carbonyl (C=O) groups is 2. The minimum atomic E-state index is -0.878. The summed E-state index contributed by atoms with van der Waals surface area (Å²) in [4.78, 5) is 43.9. The van der Waals surface area contributed by atoms with E-state index in [2.05, 4.69) is 20.6 Å². The molecule has 1 aliphatic rings. The molecule has 3 N–H and O–H groups in total. The predicted molar refractivity (Wildman–Crippen MR) is 97.2 cm³/mol. The minimum absolute atomic E-state index is 0.0903. The quantitative estimate of drug-likeness (QED) is 0.576. The van der Waals surface area contributed by atoms with Gasteiger partial charge < -0.3 is 15.6 Å². The molecule has 1 unspecified atom stereocenters. The van der Waals surface area contributed by atoms with Gasteiger partial charge in [-0.05, 0) is 43.4 Å². The summed E-state index contributed by atoms with van der Waals surface area (Å²) >= 11 is 1.25. The van der Waals surface area contributed by atoms with Crippen molar-refractivity contribution in [2.24, 2.45) is 0 Å². The summed E-state index contributed by atoms with van der Waals surface area (Å²) in [6.45, 7) is 3.87. The van der Waals surface area contributed by atoms with Gasteiger partial charge in [-0.3, -0.25) is 14.4 Å². The maximum Gasteiger partial charge on any atom is 0.257 e. The van der Waals surface area contributed by atoms with E-state index in [4.69, 9.17) is 0 Å². The molecule has 2 aromatic rings. The zero-order valence-corrected chi connectivity index (χ0v) is 14.9. The number of nitrogens with one attached hydrogen (secondary N) is 3. The van der Waals surface area contributed by atoms with Crippen molar-refractivity contribution in [1.82, 2.24) is 9.97 Å². The Labute approximate surface area is 148 Å². The third kappa shape index (κ3) is 3.58. The fraction of sp³-hybridized carbons (Fsp3) is 0.294. The fourth-order valence-electron chi connectivity index (χ4n) is 2.95. The first-order valence-electron chi connectivity index (χ1n) is 7.74. The maximum atomic E-state index is 12.7. The highest BCUT2D eigenvalue weighted by atomic mass is 32.2. The maximum absolute atomic E-state index is 12.7. The van der Waals surface area contributed by atoms with Gasteiger partial charge in [-0.15, -0.1) is 0 Å². The highest BCUT2D eigenvalue weighted by Gasteiger charge is 2.34. The number of aromatic nitrogens is 2. The average molecular weight is 358 g/mol. The number of carbonyl (C=O) groups excluding carboxylic acids is 2. The molecule has 130 valence electrons. The van der Waals surface area contributed by atoms with Crippen molar-refractivity contribution in [1.29, 1.82) is 0 Å². The van der Waals surface area contributed by atoms with Gasteiger partial charge in [0.25, 0.3) is 5.56 Å². The molecule has 0 spiro atoms. The summed E-state index contributed by atoms with van der Waals surface area (Å²) in [6, 6.07) is 5.68. The molecule has 7 nitrogen and oxygen atoms in total. The fourth-order valence-corrected chi connectivity index (χ4v) is 3.32. The number of amides is 2. The lowest BCUT2D eigenvalue weighted by atomic mass is 9.92. The molecule has 1 atom stereocenters. The van der Waals surface area contributed by atoms with E-state index in [1.54, 1.807) is 6.26 Å². The molecule has 0 saturated heterocycles. The SMILES string of the molecule is CSc1nc2c(c(=O)[nH]1)C(C(=O)Nc1cc(C)cc(C)c1)CC(=O)N2. The molecule has 3 rings (SSSR count). The van der Waals surface area contributed by atoms with Crippen molar-refractivity contribution < 1.29 is 9.59 Å². The van der Waals surface area contributed by atoms with Gasteiger partial charge in [0.05, 0.1) is 11.5 Å². The summed E-state index contributed by atoms with van der Waals surface area (Å²) in [5.74, 6) is -1.45. The second-order valence-electron chi connectivity index (χ2n) is 6.01. The number of fused-ring (bicyclic) bond motifs is 1. The Morgan fingerprint density at radius 2 is 1.92 bits per heavy atom. The van der Waals surface area contributed by atoms with Gasteiger partial charge in [0.2, 0.25) is 11.8 Å². The van der Waals surface area contributed by atoms with E-state index >= 15 is 0 Å². The molecule has 0 fully saturated rings. The summed E-state index contributed by atoms with van der Waals surface area (Å²) in [5, 5.41) is 5.77. The van der Waals surface area contributed by atoms with E-state index < -0.39 is 17.4 Å². The van der Waals surface area contributed by atoms with Gasteiger partial charge in [0.1, 0.15) is 5.82 Å². The number of H-pyrrole nitrogens is 1. The van der Waals surface area contributed by atoms with Crippen LogP contribution >= 0.6 is 11.8 Å². The molecule has 0 aliphatic carbocycles. The molecule has 25 heavy (non-hydrogen) atoms. The van der Waals surface area contributed by atoms with Crippen molar-refractivity contribution >= 4 is 35.1 Å². The van der Waals surface area contributed by atoms with E-state index in [-0.39, 0.29) is 23.7 Å². The average Bonchev–Trinajstić information content (AvgIpc) is 2.52. The van der Waals surface area contributed by atoms with E-state index in [1.807, 2.05) is 32.0 Å². The van der Waals surface area contributed by atoms with Crippen LogP contribution in [0.25, 0.3) is 0 Å². The van der Waals surface area contributed by atoms with Gasteiger partial charge in [-0.1, -0.05) is 17.8 Å². The minimum Gasteiger partial charge on any atom is -0.326 e. The van der Waals surface area contributed by atoms with Crippen LogP contribution in [0.3, 0.4) is 0 Å². The Morgan fingerprint density at radius 3 is 2.56 bits per heavy atom. The number of benzene rings is 1. The molecule has 1 aromatic carbocycles. The molecule has 2 amide bonds. The van der Waals surface area contributed by atoms with Crippen LogP contribution in [0.4, 0.5) is 11.5 Å². The van der Waals surface area contributed by atoms with Gasteiger partial charge in [-0.2, -0.15) is 0 Å². The van der Waals surface area contributed by atoms with Crippen LogP contribution in [0, 0.1) is 13.8 Å². The third-order valence-corrected chi connectivity index (χ3v) is 4.51. The highest BCUT2D eigenvalue weighted by Crippen LogP contribution is 2.30. The number of aromatic amines is 1. The van der Waals surface area contributed by atoms with Crippen LogP contribution in [0.5, 0.6) is 0 Å². The molecule has 0 bridgehead atoms. The van der Waals surface area contributed by atoms with E-state index in [0.717, 1.165) is 11.1 Å². The molecular weight excluding hydrogens is 340 g/mol. The first kappa shape index (κ1) is 17.2. The van der Waals surface area contributed by atoms with Gasteiger partial charge in [0, 0.05) is 12.1 Å². The topological polar surface area (TPSA) is 104 Å². The lowest BCUT2D eigenvalue weighted by Crippen LogP contribution is -2.36. The van der Waals surface area contributed by atoms with Crippen LogP contribution in [-0.2, 0) is 9.59 Å². The van der Waals surface area contributed by atoms with Crippen molar-refractivity contribution in [3.63, 3.8) is 0 Å². The number of anilines is 2. The Hall–Kier alpha value is -2.61. The lowest BCUT2D eigenvalue weighted by Gasteiger charge is -2.23. The van der Waals surface area contributed by atoms with Crippen molar-refractivity contribution in [3.05, 3.63) is 45.2 Å². The number of hydrogen-bond donors (Lipinski definition) is 3. The smallest absolute Gasteiger partial charge is 0.257 e. The Balaban J connectivity index is 1.96. The van der Waals surface area contributed by atoms with Crippen LogP contribution in [0.1, 0.15) is 29.0 Å². The second-order valence-corrected chi connectivity index (χ2v) is 6.80. The molecule has 8 heteroatoms. The van der Waals surface area contributed by atoms with Crippen LogP contribution in [0.2, 0.25) is 0 Å². The zero-order chi connectivity index (χ0) is 18.1. The number of hydrogen-bond acceptors (Lipinski definition) is 5. The monoisotopic (exact) mass is 358 g/mol. The van der Waals surface area contributed by atoms with Crippen molar-refractivity contribution in [2.45, 2.75) is 31.3 Å². The van der Waals surface area contributed by atoms with Crippen LogP contribution < -0.4 is 16.2 Å². The largest absolute Gasteiger partial charge is 0.326 e. The second kappa shape index (κ2) is 6.72. The summed E-state index contributed by atoms with van der Waals surface area (Å²) < 4.78 is 0. The van der Waals surface area contributed by atoms with Crippen LogP contribution in [0.15, 0.2) is 28.2 Å². The lowest BCUT2D eigenvalue weighted by molar-refractivity contribution is -0.123. The number of aryl methyl sites for hydroxylation is 2. The third-order valence-electron chi connectivity index (χ3n) is 3.93. The van der Waals surface area contributed by atoms with Crippen molar-refractivity contribution in [2.75, 3.05) is 16.9 Å². The normalized spacial score (nSPS) is 16.1. The van der Waals surface area contributed by atoms with Crippen molar-refractivity contribution in [3.8, 4) is 0 Å². The molecule has 0 radical (unpaired) electrons. The molecule has 2 heterocycles. The molecule has 1 aromatic heterocycles. The van der Waals surface area contributed by atoms with Gasteiger partial charge >= 0.3 is 0 Å². The Kier molecular flexibility index (Phi) is 4.63. The summed E-state index contributed by atoms with van der Waals surface area (Å²) in [6.07, 6.45) is 1.67. The highest BCUT2D eigenvalue weighted by molar-refractivity contribution is 7.98. The van der Waals surface area contributed by atoms with E-state index in [1.165, 1.54) is 11.8 Å². The van der Waals surface area contributed by atoms with E-state index in [9.17, 15) is 14.4 Å². The molecule has 0 saturated carbocycles. The Morgan fingerprint density at radius 1 is 1.24 bits per heavy atom. The number of rotatable bonds is 3. The van der Waals surface area contributed by atoms with Gasteiger partial charge in [0.15, 0.2) is 5.16 Å². The molecular formula is C17H18N4O3S. The summed E-state index contributed by atoms with van der Waals surface area (Å²) in [5.41, 5.74) is 2.46. The number of nitrogens with zero attached hydrogens (tertiary/aromatic N) is 1.